The van der Waals surface area contributed by atoms with E-state index in [1.165, 1.54) is 29.8 Å². The second kappa shape index (κ2) is 9.78. The Morgan fingerprint density at radius 1 is 1.17 bits per heavy atom. The van der Waals surface area contributed by atoms with Crippen molar-refractivity contribution in [1.82, 2.24) is 4.57 Å². The fourth-order valence-electron chi connectivity index (χ4n) is 3.66. The summed E-state index contributed by atoms with van der Waals surface area (Å²) in [7, 11) is 1.74. The van der Waals surface area contributed by atoms with Gasteiger partial charge in [0.05, 0.1) is 25.8 Å². The standard InChI is InChI=1S/C22H25N3O.CH2O2/c1-3-17-10-12-18(13-11-17)25-16-20(19-8-4-5-9-21(19)26-2)24-15-7-6-14-23-22(24)25;2-1-3/h4-5,8-13,16H,3,6-7,14-15H2,1-2H3;1H,(H,2,3). The van der Waals surface area contributed by atoms with E-state index in [1.807, 2.05) is 12.1 Å². The normalized spacial score (nSPS) is 12.6. The van der Waals surface area contributed by atoms with E-state index in [9.17, 15) is 0 Å². The predicted octanol–water partition coefficient (Wildman–Crippen LogP) is 2.57. The number of nitrogens with zero attached hydrogens (tertiary/aromatic N) is 2. The fraction of sp³-hybridized carbons (Fsp3) is 0.304. The Hall–Kier alpha value is -3.28. The molecule has 1 aliphatic heterocycles. The quantitative estimate of drug-likeness (QED) is 0.546. The van der Waals surface area contributed by atoms with Gasteiger partial charge in [-0.05, 0) is 49.1 Å². The summed E-state index contributed by atoms with van der Waals surface area (Å²) < 4.78 is 10.3. The van der Waals surface area contributed by atoms with Gasteiger partial charge >= 0.3 is 5.95 Å². The van der Waals surface area contributed by atoms with Crippen molar-refractivity contribution in [3.63, 3.8) is 0 Å². The lowest BCUT2D eigenvalue weighted by molar-refractivity contribution is -0.670. The number of hydrogen-bond donors (Lipinski definition) is 1. The first kappa shape index (κ1) is 20.5. The van der Waals surface area contributed by atoms with Crippen LogP contribution >= 0.6 is 0 Å². The number of hydrogen-bond acceptors (Lipinski definition) is 4. The van der Waals surface area contributed by atoms with Gasteiger partial charge in [0, 0.05) is 6.47 Å². The largest absolute Gasteiger partial charge is 0.554 e. The number of methoxy groups -OCH3 is 1. The molecule has 2 aromatic carbocycles. The van der Waals surface area contributed by atoms with Crippen molar-refractivity contribution in [3.05, 3.63) is 60.3 Å². The second-order valence-corrected chi connectivity index (χ2v) is 6.81. The van der Waals surface area contributed by atoms with E-state index < -0.39 is 6.47 Å². The zero-order chi connectivity index (χ0) is 20.6. The van der Waals surface area contributed by atoms with Crippen molar-refractivity contribution in [2.45, 2.75) is 32.7 Å². The molecule has 3 aromatic rings. The zero-order valence-electron chi connectivity index (χ0n) is 16.9. The molecule has 0 saturated heterocycles. The number of carbonyl (C=O) groups excluding carboxylic acids is 1. The molecule has 0 amide bonds. The number of rotatable bonds is 4. The van der Waals surface area contributed by atoms with Gasteiger partial charge in [-0.2, -0.15) is 0 Å². The summed E-state index contributed by atoms with van der Waals surface area (Å²) in [6, 6.07) is 17.1. The van der Waals surface area contributed by atoms with E-state index in [0.29, 0.717) is 0 Å². The summed E-state index contributed by atoms with van der Waals surface area (Å²) in [5.41, 5.74) is 4.86. The Morgan fingerprint density at radius 3 is 2.59 bits per heavy atom. The summed E-state index contributed by atoms with van der Waals surface area (Å²) >= 11 is 0. The van der Waals surface area contributed by atoms with Crippen LogP contribution in [0.15, 0.2) is 54.7 Å². The molecule has 0 atom stereocenters. The third-order valence-electron chi connectivity index (χ3n) is 5.12. The third kappa shape index (κ3) is 4.42. The van der Waals surface area contributed by atoms with Crippen LogP contribution in [0.5, 0.6) is 5.75 Å². The average molecular weight is 393 g/mol. The molecule has 0 unspecified atom stereocenters. The number of nitrogens with one attached hydrogen (secondary N) is 1. The number of fused-ring (bicyclic) bond motifs is 1. The van der Waals surface area contributed by atoms with Gasteiger partial charge in [0.1, 0.15) is 23.3 Å². The number of aryl methyl sites for hydroxylation is 1. The molecule has 2 heterocycles. The van der Waals surface area contributed by atoms with E-state index >= 15 is 0 Å². The van der Waals surface area contributed by atoms with Crippen molar-refractivity contribution in [2.24, 2.45) is 0 Å². The fourth-order valence-corrected chi connectivity index (χ4v) is 3.66. The number of para-hydroxylation sites is 1. The summed E-state index contributed by atoms with van der Waals surface area (Å²) in [5.74, 6) is 2.05. The Bertz CT molecular complexity index is 949. The van der Waals surface area contributed by atoms with Gasteiger partial charge < -0.3 is 14.6 Å². The van der Waals surface area contributed by atoms with Gasteiger partial charge in [0.25, 0.3) is 0 Å². The smallest absolute Gasteiger partial charge is 0.362 e. The van der Waals surface area contributed by atoms with Gasteiger partial charge in [0.15, 0.2) is 0 Å². The molecule has 1 aromatic heterocycles. The summed E-state index contributed by atoms with van der Waals surface area (Å²) in [6.07, 6.45) is 5.64. The topological polar surface area (TPSA) is 70.2 Å². The Balaban J connectivity index is 0.000000755. The summed E-state index contributed by atoms with van der Waals surface area (Å²) in [6.45, 7) is 3.70. The van der Waals surface area contributed by atoms with E-state index in [1.54, 1.807) is 7.11 Å². The third-order valence-corrected chi connectivity index (χ3v) is 5.12. The molecular weight excluding hydrogens is 366 g/mol. The van der Waals surface area contributed by atoms with Crippen LogP contribution in [0.3, 0.4) is 0 Å². The minimum Gasteiger partial charge on any atom is -0.554 e. The van der Waals surface area contributed by atoms with Gasteiger partial charge in [0.2, 0.25) is 0 Å². The Morgan fingerprint density at radius 2 is 1.90 bits per heavy atom. The van der Waals surface area contributed by atoms with Gasteiger partial charge in [-0.25, -0.2) is 9.13 Å². The van der Waals surface area contributed by atoms with Crippen LogP contribution in [0.2, 0.25) is 0 Å². The minimum absolute atomic E-state index is 0.500. The van der Waals surface area contributed by atoms with Crippen LogP contribution in [0.25, 0.3) is 16.9 Å². The SMILES string of the molecule is CCc1ccc(-n2cc(-c3ccccc3OC)[n+]3c2NCCCC3)cc1.O=C[O-]. The molecule has 1 aliphatic rings. The lowest BCUT2D eigenvalue weighted by Crippen LogP contribution is -2.36. The first-order valence-electron chi connectivity index (χ1n) is 9.90. The van der Waals surface area contributed by atoms with Crippen molar-refractivity contribution >= 4 is 12.4 Å². The highest BCUT2D eigenvalue weighted by molar-refractivity contribution is 5.66. The first-order valence-corrected chi connectivity index (χ1v) is 9.90. The molecule has 4 rings (SSSR count). The molecule has 152 valence electrons. The average Bonchev–Trinajstić information content (AvgIpc) is 2.94. The maximum Gasteiger partial charge on any atom is 0.362 e. The first-order chi connectivity index (χ1) is 14.2. The lowest BCUT2D eigenvalue weighted by atomic mass is 10.1. The highest BCUT2D eigenvalue weighted by atomic mass is 16.5. The monoisotopic (exact) mass is 393 g/mol. The number of imidazole rings is 1. The van der Waals surface area contributed by atoms with Crippen LogP contribution < -0.4 is 19.7 Å². The summed E-state index contributed by atoms with van der Waals surface area (Å²) in [5, 5.41) is 11.9. The van der Waals surface area contributed by atoms with Crippen LogP contribution in [0.1, 0.15) is 25.3 Å². The number of aromatic nitrogens is 2. The van der Waals surface area contributed by atoms with Gasteiger partial charge in [-0.1, -0.05) is 31.2 Å². The molecule has 29 heavy (non-hydrogen) atoms. The highest BCUT2D eigenvalue weighted by Gasteiger charge is 2.27. The number of carboxylic acid groups (broad SMARTS) is 1. The molecule has 0 aliphatic carbocycles. The number of anilines is 1. The molecule has 6 heteroatoms. The van der Waals surface area contributed by atoms with Crippen LogP contribution in [-0.4, -0.2) is 24.7 Å². The molecule has 0 fully saturated rings. The molecule has 6 nitrogen and oxygen atoms in total. The Kier molecular flexibility index (Phi) is 6.89. The number of carbonyl (C=O) groups is 1. The predicted molar refractivity (Wildman–Crippen MR) is 111 cm³/mol. The molecular formula is C23H27N3O3. The summed E-state index contributed by atoms with van der Waals surface area (Å²) in [4.78, 5) is 8.25. The van der Waals surface area contributed by atoms with E-state index in [-0.39, 0.29) is 0 Å². The van der Waals surface area contributed by atoms with Crippen LogP contribution in [0, 0.1) is 0 Å². The molecule has 0 bridgehead atoms. The number of ether oxygens (including phenoxy) is 1. The van der Waals surface area contributed by atoms with Crippen molar-refractivity contribution in [3.8, 4) is 22.7 Å². The lowest BCUT2D eigenvalue weighted by Gasteiger charge is -2.07. The maximum absolute atomic E-state index is 8.25. The number of benzene rings is 2. The van der Waals surface area contributed by atoms with Crippen molar-refractivity contribution in [1.29, 1.82) is 0 Å². The minimum atomic E-state index is -0.500. The van der Waals surface area contributed by atoms with Crippen molar-refractivity contribution < 1.29 is 19.2 Å². The molecule has 0 radical (unpaired) electrons. The Labute approximate surface area is 171 Å². The molecule has 0 spiro atoms. The van der Waals surface area contributed by atoms with Crippen LogP contribution in [-0.2, 0) is 17.8 Å². The van der Waals surface area contributed by atoms with Crippen LogP contribution in [0.4, 0.5) is 5.95 Å². The van der Waals surface area contributed by atoms with Gasteiger partial charge in [-0.15, -0.1) is 0 Å². The van der Waals surface area contributed by atoms with E-state index in [0.717, 1.165) is 36.8 Å². The van der Waals surface area contributed by atoms with E-state index in [2.05, 4.69) is 64.0 Å². The zero-order valence-corrected chi connectivity index (χ0v) is 16.9. The molecule has 1 N–H and O–H groups in total. The highest BCUT2D eigenvalue weighted by Crippen LogP contribution is 2.31. The maximum atomic E-state index is 8.25. The van der Waals surface area contributed by atoms with E-state index in [4.69, 9.17) is 14.6 Å². The second-order valence-electron chi connectivity index (χ2n) is 6.81. The van der Waals surface area contributed by atoms with Crippen molar-refractivity contribution in [2.75, 3.05) is 19.0 Å². The molecule has 0 saturated carbocycles. The van der Waals surface area contributed by atoms with Gasteiger partial charge in [-0.3, -0.25) is 5.32 Å².